The minimum Gasteiger partial charge on any atom is -0.341 e. The molecular formula is C16H22N2O. The maximum atomic E-state index is 12.2. The van der Waals surface area contributed by atoms with Crippen LogP contribution in [0.25, 0.3) is 0 Å². The van der Waals surface area contributed by atoms with Gasteiger partial charge in [0.2, 0.25) is 5.91 Å². The molecule has 3 rings (SSSR count). The van der Waals surface area contributed by atoms with Crippen LogP contribution >= 0.6 is 0 Å². The molecule has 0 aromatic heterocycles. The first-order chi connectivity index (χ1) is 9.17. The minimum absolute atomic E-state index is 0.278. The number of carbonyl (C=O) groups excluding carboxylic acids is 1. The molecule has 2 fully saturated rings. The quantitative estimate of drug-likeness (QED) is 0.876. The number of benzene rings is 1. The van der Waals surface area contributed by atoms with Crippen LogP contribution in [0.4, 0.5) is 0 Å². The van der Waals surface area contributed by atoms with E-state index in [1.165, 1.54) is 18.4 Å². The van der Waals surface area contributed by atoms with Gasteiger partial charge in [0.25, 0.3) is 0 Å². The van der Waals surface area contributed by atoms with Gasteiger partial charge in [0.15, 0.2) is 0 Å². The third kappa shape index (κ3) is 2.66. The monoisotopic (exact) mass is 258 g/mol. The maximum absolute atomic E-state index is 12.2. The van der Waals surface area contributed by atoms with Crippen LogP contribution < -0.4 is 5.32 Å². The van der Waals surface area contributed by atoms with Crippen molar-refractivity contribution in [2.24, 2.45) is 5.41 Å². The SMILES string of the molecule is Cc1ccc(CC(=O)N2CC3(CCCNC3)C2)cc1. The molecular weight excluding hydrogens is 236 g/mol. The van der Waals surface area contributed by atoms with E-state index in [9.17, 15) is 4.79 Å². The molecule has 0 bridgehead atoms. The van der Waals surface area contributed by atoms with Gasteiger partial charge in [-0.1, -0.05) is 29.8 Å². The molecule has 0 aliphatic carbocycles. The van der Waals surface area contributed by atoms with Crippen LogP contribution in [0.5, 0.6) is 0 Å². The Labute approximate surface area is 115 Å². The standard InChI is InChI=1S/C16H22N2O/c1-13-3-5-14(6-4-13)9-15(19)18-11-16(12-18)7-2-8-17-10-16/h3-6,17H,2,7-12H2,1H3. The second-order valence-electron chi connectivity index (χ2n) is 6.19. The number of hydrogen-bond donors (Lipinski definition) is 1. The van der Waals surface area contributed by atoms with Crippen molar-refractivity contribution in [2.75, 3.05) is 26.2 Å². The highest BCUT2D eigenvalue weighted by atomic mass is 16.2. The molecule has 2 heterocycles. The van der Waals surface area contributed by atoms with Gasteiger partial charge < -0.3 is 10.2 Å². The molecule has 1 aromatic rings. The van der Waals surface area contributed by atoms with Crippen LogP contribution in [0.1, 0.15) is 24.0 Å². The summed E-state index contributed by atoms with van der Waals surface area (Å²) in [6, 6.07) is 8.27. The van der Waals surface area contributed by atoms with E-state index in [1.807, 2.05) is 4.90 Å². The third-order valence-corrected chi connectivity index (χ3v) is 4.44. The molecule has 3 nitrogen and oxygen atoms in total. The normalized spacial score (nSPS) is 21.2. The molecule has 0 unspecified atom stereocenters. The minimum atomic E-state index is 0.278. The maximum Gasteiger partial charge on any atom is 0.227 e. The summed E-state index contributed by atoms with van der Waals surface area (Å²) >= 11 is 0. The summed E-state index contributed by atoms with van der Waals surface area (Å²) in [5.41, 5.74) is 2.76. The highest BCUT2D eigenvalue weighted by Crippen LogP contribution is 2.36. The summed E-state index contributed by atoms with van der Waals surface area (Å²) in [7, 11) is 0. The molecule has 2 aliphatic rings. The second-order valence-corrected chi connectivity index (χ2v) is 6.19. The van der Waals surface area contributed by atoms with Gasteiger partial charge in [-0.3, -0.25) is 4.79 Å². The van der Waals surface area contributed by atoms with Gasteiger partial charge in [-0.15, -0.1) is 0 Å². The number of piperidine rings is 1. The summed E-state index contributed by atoms with van der Waals surface area (Å²) in [6.45, 7) is 6.19. The van der Waals surface area contributed by atoms with Gasteiger partial charge in [0.1, 0.15) is 0 Å². The van der Waals surface area contributed by atoms with Crippen LogP contribution in [-0.2, 0) is 11.2 Å². The van der Waals surface area contributed by atoms with Gasteiger partial charge in [-0.2, -0.15) is 0 Å². The van der Waals surface area contributed by atoms with E-state index in [0.29, 0.717) is 11.8 Å². The van der Waals surface area contributed by atoms with Crippen LogP contribution in [0, 0.1) is 12.3 Å². The first-order valence-electron chi connectivity index (χ1n) is 7.21. The van der Waals surface area contributed by atoms with E-state index in [0.717, 1.165) is 31.7 Å². The summed E-state index contributed by atoms with van der Waals surface area (Å²) in [4.78, 5) is 14.2. The lowest BCUT2D eigenvalue weighted by Crippen LogP contribution is -2.63. The Kier molecular flexibility index (Phi) is 3.31. The number of hydrogen-bond acceptors (Lipinski definition) is 2. The Bertz CT molecular complexity index is 452. The predicted molar refractivity (Wildman–Crippen MR) is 76.0 cm³/mol. The Balaban J connectivity index is 1.54. The van der Waals surface area contributed by atoms with E-state index in [2.05, 4.69) is 36.5 Å². The molecule has 0 atom stereocenters. The molecule has 2 aliphatic heterocycles. The summed E-state index contributed by atoms with van der Waals surface area (Å²) in [5.74, 6) is 0.278. The highest BCUT2D eigenvalue weighted by molar-refractivity contribution is 5.79. The van der Waals surface area contributed by atoms with Gasteiger partial charge in [0, 0.05) is 25.0 Å². The lowest BCUT2D eigenvalue weighted by Gasteiger charge is -2.52. The molecule has 2 saturated heterocycles. The molecule has 1 spiro atoms. The van der Waals surface area contributed by atoms with Crippen molar-refractivity contribution in [3.8, 4) is 0 Å². The van der Waals surface area contributed by atoms with Crippen molar-refractivity contribution in [3.05, 3.63) is 35.4 Å². The van der Waals surface area contributed by atoms with E-state index in [-0.39, 0.29) is 5.91 Å². The van der Waals surface area contributed by atoms with E-state index in [4.69, 9.17) is 0 Å². The number of rotatable bonds is 2. The Hall–Kier alpha value is -1.35. The van der Waals surface area contributed by atoms with Crippen LogP contribution in [0.2, 0.25) is 0 Å². The van der Waals surface area contributed by atoms with E-state index >= 15 is 0 Å². The van der Waals surface area contributed by atoms with Gasteiger partial charge in [-0.25, -0.2) is 0 Å². The number of aryl methyl sites for hydroxylation is 1. The molecule has 0 saturated carbocycles. The number of nitrogens with zero attached hydrogens (tertiary/aromatic N) is 1. The van der Waals surface area contributed by atoms with Gasteiger partial charge >= 0.3 is 0 Å². The Morgan fingerprint density at radius 2 is 2.05 bits per heavy atom. The molecule has 1 amide bonds. The van der Waals surface area contributed by atoms with E-state index in [1.54, 1.807) is 0 Å². The fourth-order valence-corrected chi connectivity index (χ4v) is 3.23. The molecule has 102 valence electrons. The summed E-state index contributed by atoms with van der Waals surface area (Å²) in [6.07, 6.45) is 3.07. The fraction of sp³-hybridized carbons (Fsp3) is 0.562. The zero-order chi connectivity index (χ0) is 13.3. The first-order valence-corrected chi connectivity index (χ1v) is 7.21. The topological polar surface area (TPSA) is 32.3 Å². The van der Waals surface area contributed by atoms with Crippen molar-refractivity contribution in [2.45, 2.75) is 26.2 Å². The smallest absolute Gasteiger partial charge is 0.227 e. The Morgan fingerprint density at radius 3 is 2.68 bits per heavy atom. The first kappa shape index (κ1) is 12.7. The van der Waals surface area contributed by atoms with E-state index < -0.39 is 0 Å². The molecule has 0 radical (unpaired) electrons. The van der Waals surface area contributed by atoms with Crippen molar-refractivity contribution >= 4 is 5.91 Å². The van der Waals surface area contributed by atoms with Crippen LogP contribution in [0.3, 0.4) is 0 Å². The summed E-state index contributed by atoms with van der Waals surface area (Å²) in [5, 5.41) is 3.45. The number of nitrogens with one attached hydrogen (secondary N) is 1. The third-order valence-electron chi connectivity index (χ3n) is 4.44. The van der Waals surface area contributed by atoms with Crippen molar-refractivity contribution < 1.29 is 4.79 Å². The Morgan fingerprint density at radius 1 is 1.32 bits per heavy atom. The highest BCUT2D eigenvalue weighted by Gasteiger charge is 2.45. The zero-order valence-corrected chi connectivity index (χ0v) is 11.6. The van der Waals surface area contributed by atoms with Crippen molar-refractivity contribution in [1.29, 1.82) is 0 Å². The lowest BCUT2D eigenvalue weighted by molar-refractivity contribution is -0.143. The van der Waals surface area contributed by atoms with Crippen LogP contribution in [0.15, 0.2) is 24.3 Å². The molecule has 1 aromatic carbocycles. The van der Waals surface area contributed by atoms with Gasteiger partial charge in [0.05, 0.1) is 6.42 Å². The average molecular weight is 258 g/mol. The molecule has 3 heteroatoms. The van der Waals surface area contributed by atoms with Crippen LogP contribution in [-0.4, -0.2) is 37.0 Å². The fourth-order valence-electron chi connectivity index (χ4n) is 3.23. The molecule has 19 heavy (non-hydrogen) atoms. The number of amides is 1. The van der Waals surface area contributed by atoms with Crippen molar-refractivity contribution in [3.63, 3.8) is 0 Å². The predicted octanol–water partition coefficient (Wildman–Crippen LogP) is 1.75. The number of carbonyl (C=O) groups is 1. The van der Waals surface area contributed by atoms with Crippen molar-refractivity contribution in [1.82, 2.24) is 10.2 Å². The number of likely N-dealkylation sites (tertiary alicyclic amines) is 1. The molecule has 1 N–H and O–H groups in total. The largest absolute Gasteiger partial charge is 0.341 e. The summed E-state index contributed by atoms with van der Waals surface area (Å²) < 4.78 is 0. The second kappa shape index (κ2) is 4.97. The van der Waals surface area contributed by atoms with Gasteiger partial charge in [-0.05, 0) is 31.9 Å². The lowest BCUT2D eigenvalue weighted by atomic mass is 9.74. The zero-order valence-electron chi connectivity index (χ0n) is 11.6. The average Bonchev–Trinajstić information content (AvgIpc) is 2.39.